The fourth-order valence-electron chi connectivity index (χ4n) is 2.27. The largest absolute Gasteiger partial charge is 0.494 e. The van der Waals surface area contributed by atoms with Crippen LogP contribution in [0.4, 0.5) is 5.13 Å². The minimum Gasteiger partial charge on any atom is -0.494 e. The Kier molecular flexibility index (Phi) is 4.96. The van der Waals surface area contributed by atoms with Gasteiger partial charge in [-0.15, -0.1) is 0 Å². The van der Waals surface area contributed by atoms with Crippen molar-refractivity contribution >= 4 is 32.6 Å². The van der Waals surface area contributed by atoms with Crippen molar-refractivity contribution in [1.29, 1.82) is 0 Å². The second-order valence-electron chi connectivity index (χ2n) is 5.16. The third-order valence-electron chi connectivity index (χ3n) is 3.55. The van der Waals surface area contributed by atoms with Crippen LogP contribution in [0.15, 0.2) is 42.5 Å². The standard InChI is InChI=1S/C18H18N2O3S/c1-3-12-7-9-13(10-8-12)23-11-16(21)19-18-20-17-14(22-2)5-4-6-15(17)24-18/h4-10H,3,11H2,1-2H3,(H,19,20,21). The average molecular weight is 342 g/mol. The van der Waals surface area contributed by atoms with Gasteiger partial charge in [-0.1, -0.05) is 36.5 Å². The zero-order valence-electron chi connectivity index (χ0n) is 13.5. The minimum atomic E-state index is -0.243. The van der Waals surface area contributed by atoms with Gasteiger partial charge < -0.3 is 9.47 Å². The number of aromatic nitrogens is 1. The van der Waals surface area contributed by atoms with Crippen LogP contribution in [0.25, 0.3) is 10.2 Å². The molecule has 1 amide bonds. The summed E-state index contributed by atoms with van der Waals surface area (Å²) in [7, 11) is 1.60. The van der Waals surface area contributed by atoms with Crippen molar-refractivity contribution in [3.63, 3.8) is 0 Å². The number of aryl methyl sites for hydroxylation is 1. The molecule has 0 unspecified atom stereocenters. The third kappa shape index (κ3) is 3.65. The Bertz CT molecular complexity index is 843. The van der Waals surface area contributed by atoms with E-state index in [0.29, 0.717) is 16.6 Å². The van der Waals surface area contributed by atoms with Gasteiger partial charge in [-0.25, -0.2) is 4.98 Å². The zero-order chi connectivity index (χ0) is 16.9. The van der Waals surface area contributed by atoms with Gasteiger partial charge >= 0.3 is 0 Å². The Balaban J connectivity index is 1.62. The summed E-state index contributed by atoms with van der Waals surface area (Å²) in [5, 5.41) is 3.30. The van der Waals surface area contributed by atoms with Gasteiger partial charge in [-0.2, -0.15) is 0 Å². The lowest BCUT2D eigenvalue weighted by Crippen LogP contribution is -2.20. The maximum absolute atomic E-state index is 12.0. The molecule has 0 spiro atoms. The Morgan fingerprint density at radius 2 is 2.00 bits per heavy atom. The van der Waals surface area contributed by atoms with Gasteiger partial charge in [-0.05, 0) is 36.2 Å². The number of fused-ring (bicyclic) bond motifs is 1. The molecule has 1 aromatic heterocycles. The number of methoxy groups -OCH3 is 1. The first-order valence-corrected chi connectivity index (χ1v) is 8.46. The fourth-order valence-corrected chi connectivity index (χ4v) is 3.17. The lowest BCUT2D eigenvalue weighted by atomic mass is 10.2. The Morgan fingerprint density at radius 1 is 1.21 bits per heavy atom. The van der Waals surface area contributed by atoms with E-state index in [9.17, 15) is 4.79 Å². The Morgan fingerprint density at radius 3 is 2.71 bits per heavy atom. The number of anilines is 1. The monoisotopic (exact) mass is 342 g/mol. The number of carbonyl (C=O) groups is 1. The first kappa shape index (κ1) is 16.3. The molecule has 3 rings (SSSR count). The molecule has 6 heteroatoms. The molecule has 0 aliphatic heterocycles. The lowest BCUT2D eigenvalue weighted by molar-refractivity contribution is -0.118. The average Bonchev–Trinajstić information content (AvgIpc) is 3.02. The van der Waals surface area contributed by atoms with Gasteiger partial charge in [0.25, 0.3) is 5.91 Å². The predicted octanol–water partition coefficient (Wildman–Crippen LogP) is 3.88. The van der Waals surface area contributed by atoms with E-state index >= 15 is 0 Å². The molecule has 1 N–H and O–H groups in total. The Labute approximate surface area is 144 Å². The molecule has 0 fully saturated rings. The van der Waals surface area contributed by atoms with E-state index in [0.717, 1.165) is 16.6 Å². The minimum absolute atomic E-state index is 0.0570. The second-order valence-corrected chi connectivity index (χ2v) is 6.19. The number of rotatable bonds is 6. The molecule has 0 saturated heterocycles. The number of carbonyl (C=O) groups excluding carboxylic acids is 1. The summed E-state index contributed by atoms with van der Waals surface area (Å²) in [5.41, 5.74) is 1.98. The topological polar surface area (TPSA) is 60.5 Å². The maximum atomic E-state index is 12.0. The summed E-state index contributed by atoms with van der Waals surface area (Å²) < 4.78 is 11.7. The van der Waals surface area contributed by atoms with Crippen LogP contribution in [0.2, 0.25) is 0 Å². The van der Waals surface area contributed by atoms with Crippen LogP contribution >= 0.6 is 11.3 Å². The first-order chi connectivity index (χ1) is 11.7. The van der Waals surface area contributed by atoms with Crippen LogP contribution in [0.1, 0.15) is 12.5 Å². The highest BCUT2D eigenvalue weighted by atomic mass is 32.1. The van der Waals surface area contributed by atoms with Crippen molar-refractivity contribution < 1.29 is 14.3 Å². The van der Waals surface area contributed by atoms with Crippen LogP contribution in [0.3, 0.4) is 0 Å². The molecule has 24 heavy (non-hydrogen) atoms. The van der Waals surface area contributed by atoms with E-state index in [1.165, 1.54) is 16.9 Å². The van der Waals surface area contributed by atoms with E-state index in [2.05, 4.69) is 17.2 Å². The summed E-state index contributed by atoms with van der Waals surface area (Å²) in [4.78, 5) is 16.4. The van der Waals surface area contributed by atoms with Crippen molar-refractivity contribution in [2.45, 2.75) is 13.3 Å². The number of hydrogen-bond donors (Lipinski definition) is 1. The van der Waals surface area contributed by atoms with E-state index in [4.69, 9.17) is 9.47 Å². The fraction of sp³-hybridized carbons (Fsp3) is 0.222. The molecule has 124 valence electrons. The number of para-hydroxylation sites is 1. The zero-order valence-corrected chi connectivity index (χ0v) is 14.4. The molecule has 0 aliphatic carbocycles. The highest BCUT2D eigenvalue weighted by Crippen LogP contribution is 2.31. The van der Waals surface area contributed by atoms with Gasteiger partial charge in [-0.3, -0.25) is 10.1 Å². The number of nitrogens with zero attached hydrogens (tertiary/aromatic N) is 1. The predicted molar refractivity (Wildman–Crippen MR) is 96.1 cm³/mol. The van der Waals surface area contributed by atoms with Crippen LogP contribution in [0.5, 0.6) is 11.5 Å². The van der Waals surface area contributed by atoms with Crippen molar-refractivity contribution in [2.24, 2.45) is 0 Å². The Hall–Kier alpha value is -2.60. The third-order valence-corrected chi connectivity index (χ3v) is 4.49. The smallest absolute Gasteiger partial charge is 0.264 e. The number of hydrogen-bond acceptors (Lipinski definition) is 5. The summed E-state index contributed by atoms with van der Waals surface area (Å²) in [6, 6.07) is 13.4. The molecule has 0 radical (unpaired) electrons. The molecule has 0 atom stereocenters. The van der Waals surface area contributed by atoms with Gasteiger partial charge in [0.05, 0.1) is 11.8 Å². The van der Waals surface area contributed by atoms with Crippen molar-refractivity contribution in [2.75, 3.05) is 19.0 Å². The van der Waals surface area contributed by atoms with E-state index in [1.54, 1.807) is 7.11 Å². The van der Waals surface area contributed by atoms with Gasteiger partial charge in [0.15, 0.2) is 11.7 Å². The number of nitrogens with one attached hydrogen (secondary N) is 1. The normalized spacial score (nSPS) is 10.6. The summed E-state index contributed by atoms with van der Waals surface area (Å²) in [6.07, 6.45) is 0.974. The molecule has 0 saturated carbocycles. The van der Waals surface area contributed by atoms with Crippen LogP contribution in [0, 0.1) is 0 Å². The highest BCUT2D eigenvalue weighted by Gasteiger charge is 2.11. The van der Waals surface area contributed by atoms with Gasteiger partial charge in [0.2, 0.25) is 0 Å². The molecule has 5 nitrogen and oxygen atoms in total. The summed E-state index contributed by atoms with van der Waals surface area (Å²) >= 11 is 1.40. The van der Waals surface area contributed by atoms with Crippen molar-refractivity contribution in [3.05, 3.63) is 48.0 Å². The molecule has 1 heterocycles. The van der Waals surface area contributed by atoms with Crippen LogP contribution in [-0.4, -0.2) is 24.6 Å². The van der Waals surface area contributed by atoms with E-state index in [-0.39, 0.29) is 12.5 Å². The number of benzene rings is 2. The molecule has 0 bridgehead atoms. The van der Waals surface area contributed by atoms with Gasteiger partial charge in [0.1, 0.15) is 17.0 Å². The van der Waals surface area contributed by atoms with Gasteiger partial charge in [0, 0.05) is 0 Å². The second kappa shape index (κ2) is 7.31. The van der Waals surface area contributed by atoms with E-state index in [1.807, 2.05) is 42.5 Å². The molecule has 3 aromatic rings. The SMILES string of the molecule is CCc1ccc(OCC(=O)Nc2nc3c(OC)cccc3s2)cc1. The molecular weight excluding hydrogens is 324 g/mol. The highest BCUT2D eigenvalue weighted by molar-refractivity contribution is 7.22. The summed E-state index contributed by atoms with van der Waals surface area (Å²) in [6.45, 7) is 2.04. The maximum Gasteiger partial charge on any atom is 0.264 e. The number of ether oxygens (including phenoxy) is 2. The lowest BCUT2D eigenvalue weighted by Gasteiger charge is -2.06. The first-order valence-electron chi connectivity index (χ1n) is 7.64. The number of thiazole rings is 1. The quantitative estimate of drug-likeness (QED) is 0.738. The van der Waals surface area contributed by atoms with Crippen LogP contribution < -0.4 is 14.8 Å². The van der Waals surface area contributed by atoms with E-state index < -0.39 is 0 Å². The number of amides is 1. The van der Waals surface area contributed by atoms with Crippen molar-refractivity contribution in [1.82, 2.24) is 4.98 Å². The molecule has 2 aromatic carbocycles. The van der Waals surface area contributed by atoms with Crippen molar-refractivity contribution in [3.8, 4) is 11.5 Å². The summed E-state index contributed by atoms with van der Waals surface area (Å²) in [5.74, 6) is 1.12. The molecular formula is C18H18N2O3S. The van der Waals surface area contributed by atoms with Crippen LogP contribution in [-0.2, 0) is 11.2 Å². The molecule has 0 aliphatic rings.